The number of aromatic nitrogens is 1. The van der Waals surface area contributed by atoms with Gasteiger partial charge < -0.3 is 10.3 Å². The summed E-state index contributed by atoms with van der Waals surface area (Å²) < 4.78 is 0. The maximum atomic E-state index is 12.7. The fourth-order valence-corrected chi connectivity index (χ4v) is 3.28. The van der Waals surface area contributed by atoms with E-state index in [0.717, 1.165) is 10.9 Å². The molecule has 128 valence electrons. The van der Waals surface area contributed by atoms with E-state index in [9.17, 15) is 4.79 Å². The average Bonchev–Trinajstić information content (AvgIpc) is 3.17. The van der Waals surface area contributed by atoms with Crippen molar-refractivity contribution in [1.82, 2.24) is 10.3 Å². The third kappa shape index (κ3) is 3.38. The first kappa shape index (κ1) is 16.2. The van der Waals surface area contributed by atoms with Crippen LogP contribution >= 0.6 is 0 Å². The summed E-state index contributed by atoms with van der Waals surface area (Å²) >= 11 is 0. The maximum absolute atomic E-state index is 12.7. The molecule has 1 amide bonds. The van der Waals surface area contributed by atoms with Crippen LogP contribution in [0.5, 0.6) is 0 Å². The standard InChI is InChI=1S/C23H20N2O/c26-23(20-12-11-19-13-14-24-22(19)15-20)25-16-21(17-7-3-1-4-8-17)18-9-5-2-6-10-18/h1-15,21,24H,16H2,(H,25,26). The van der Waals surface area contributed by atoms with E-state index in [4.69, 9.17) is 0 Å². The van der Waals surface area contributed by atoms with E-state index in [1.807, 2.05) is 66.9 Å². The number of aromatic amines is 1. The highest BCUT2D eigenvalue weighted by Crippen LogP contribution is 2.24. The number of rotatable bonds is 5. The lowest BCUT2D eigenvalue weighted by Crippen LogP contribution is -2.28. The number of carbonyl (C=O) groups is 1. The highest BCUT2D eigenvalue weighted by molar-refractivity contribution is 5.97. The quantitative estimate of drug-likeness (QED) is 0.542. The summed E-state index contributed by atoms with van der Waals surface area (Å²) in [4.78, 5) is 15.8. The molecule has 0 aliphatic rings. The van der Waals surface area contributed by atoms with Crippen LogP contribution < -0.4 is 5.32 Å². The number of amides is 1. The number of hydrogen-bond acceptors (Lipinski definition) is 1. The van der Waals surface area contributed by atoms with Crippen molar-refractivity contribution in [2.75, 3.05) is 6.54 Å². The molecule has 0 aliphatic carbocycles. The Morgan fingerprint density at radius 3 is 2.15 bits per heavy atom. The Bertz CT molecular complexity index is 967. The maximum Gasteiger partial charge on any atom is 0.251 e. The molecule has 3 nitrogen and oxygen atoms in total. The van der Waals surface area contributed by atoms with Crippen LogP contribution in [0.2, 0.25) is 0 Å². The van der Waals surface area contributed by atoms with Crippen LogP contribution in [0.25, 0.3) is 10.9 Å². The van der Waals surface area contributed by atoms with Gasteiger partial charge in [-0.05, 0) is 34.7 Å². The second-order valence-corrected chi connectivity index (χ2v) is 6.36. The lowest BCUT2D eigenvalue weighted by molar-refractivity contribution is 0.0952. The number of nitrogens with one attached hydrogen (secondary N) is 2. The van der Waals surface area contributed by atoms with Crippen LogP contribution in [0, 0.1) is 0 Å². The van der Waals surface area contributed by atoms with Crippen molar-refractivity contribution in [1.29, 1.82) is 0 Å². The van der Waals surface area contributed by atoms with Gasteiger partial charge in [-0.1, -0.05) is 66.7 Å². The molecule has 0 radical (unpaired) electrons. The van der Waals surface area contributed by atoms with E-state index < -0.39 is 0 Å². The normalized spacial score (nSPS) is 11.0. The Hall–Kier alpha value is -3.33. The molecule has 4 rings (SSSR count). The van der Waals surface area contributed by atoms with Crippen molar-refractivity contribution < 1.29 is 4.79 Å². The summed E-state index contributed by atoms with van der Waals surface area (Å²) in [5.74, 6) is 0.0638. The molecule has 0 bridgehead atoms. The van der Waals surface area contributed by atoms with Gasteiger partial charge in [0.1, 0.15) is 0 Å². The summed E-state index contributed by atoms with van der Waals surface area (Å²) in [7, 11) is 0. The Morgan fingerprint density at radius 1 is 0.846 bits per heavy atom. The van der Waals surface area contributed by atoms with E-state index >= 15 is 0 Å². The zero-order valence-corrected chi connectivity index (χ0v) is 14.4. The lowest BCUT2D eigenvalue weighted by Gasteiger charge is -2.19. The van der Waals surface area contributed by atoms with Crippen LogP contribution in [-0.2, 0) is 0 Å². The first-order chi connectivity index (χ1) is 12.8. The van der Waals surface area contributed by atoms with Gasteiger partial charge in [-0.2, -0.15) is 0 Å². The number of fused-ring (bicyclic) bond motifs is 1. The summed E-state index contributed by atoms with van der Waals surface area (Å²) in [6.07, 6.45) is 1.88. The lowest BCUT2D eigenvalue weighted by atomic mass is 9.91. The SMILES string of the molecule is O=C(NCC(c1ccccc1)c1ccccc1)c1ccc2cc[nH]c2c1. The second-order valence-electron chi connectivity index (χ2n) is 6.36. The van der Waals surface area contributed by atoms with Gasteiger partial charge in [-0.15, -0.1) is 0 Å². The van der Waals surface area contributed by atoms with Gasteiger partial charge in [0.05, 0.1) is 0 Å². The molecule has 1 heterocycles. The van der Waals surface area contributed by atoms with E-state index in [1.165, 1.54) is 11.1 Å². The molecule has 0 saturated heterocycles. The minimum absolute atomic E-state index is 0.0571. The summed E-state index contributed by atoms with van der Waals surface area (Å²) in [5, 5.41) is 4.20. The predicted molar refractivity (Wildman–Crippen MR) is 105 cm³/mol. The molecule has 3 aromatic carbocycles. The fourth-order valence-electron chi connectivity index (χ4n) is 3.28. The fraction of sp³-hybridized carbons (Fsp3) is 0.0870. The van der Waals surface area contributed by atoms with Crippen molar-refractivity contribution in [3.8, 4) is 0 Å². The zero-order valence-electron chi connectivity index (χ0n) is 14.4. The Kier molecular flexibility index (Phi) is 4.52. The Labute approximate surface area is 152 Å². The molecule has 0 saturated carbocycles. The van der Waals surface area contributed by atoms with Crippen LogP contribution in [0.4, 0.5) is 0 Å². The van der Waals surface area contributed by atoms with Gasteiger partial charge in [0, 0.05) is 29.7 Å². The minimum atomic E-state index is -0.0571. The highest BCUT2D eigenvalue weighted by atomic mass is 16.1. The smallest absolute Gasteiger partial charge is 0.251 e. The third-order valence-corrected chi connectivity index (χ3v) is 4.69. The molecule has 2 N–H and O–H groups in total. The van der Waals surface area contributed by atoms with Gasteiger partial charge in [0.25, 0.3) is 5.91 Å². The molecule has 3 heteroatoms. The van der Waals surface area contributed by atoms with Gasteiger partial charge in [-0.25, -0.2) is 0 Å². The molecule has 1 aromatic heterocycles. The van der Waals surface area contributed by atoms with Crippen molar-refractivity contribution >= 4 is 16.8 Å². The van der Waals surface area contributed by atoms with Gasteiger partial charge in [-0.3, -0.25) is 4.79 Å². The van der Waals surface area contributed by atoms with Gasteiger partial charge in [0.15, 0.2) is 0 Å². The molecule has 0 fully saturated rings. The first-order valence-electron chi connectivity index (χ1n) is 8.76. The molecule has 0 atom stereocenters. The molecule has 0 unspecified atom stereocenters. The van der Waals surface area contributed by atoms with Crippen LogP contribution in [0.3, 0.4) is 0 Å². The van der Waals surface area contributed by atoms with Crippen molar-refractivity contribution in [2.24, 2.45) is 0 Å². The molecule has 26 heavy (non-hydrogen) atoms. The average molecular weight is 340 g/mol. The van der Waals surface area contributed by atoms with E-state index in [1.54, 1.807) is 0 Å². The number of hydrogen-bond donors (Lipinski definition) is 2. The second kappa shape index (κ2) is 7.28. The molecular weight excluding hydrogens is 320 g/mol. The summed E-state index contributed by atoms with van der Waals surface area (Å²) in [6.45, 7) is 0.551. The van der Waals surface area contributed by atoms with Crippen molar-refractivity contribution in [3.63, 3.8) is 0 Å². The van der Waals surface area contributed by atoms with Crippen LogP contribution in [-0.4, -0.2) is 17.4 Å². The van der Waals surface area contributed by atoms with Crippen LogP contribution in [0.15, 0.2) is 91.1 Å². The van der Waals surface area contributed by atoms with E-state index in [2.05, 4.69) is 34.6 Å². The topological polar surface area (TPSA) is 44.9 Å². The Morgan fingerprint density at radius 2 is 1.50 bits per heavy atom. The molecule has 4 aromatic rings. The molecular formula is C23H20N2O. The molecule has 0 aliphatic heterocycles. The van der Waals surface area contributed by atoms with Crippen molar-refractivity contribution in [3.05, 3.63) is 108 Å². The largest absolute Gasteiger partial charge is 0.361 e. The molecule has 0 spiro atoms. The van der Waals surface area contributed by atoms with Crippen molar-refractivity contribution in [2.45, 2.75) is 5.92 Å². The Balaban J connectivity index is 1.55. The first-order valence-corrected chi connectivity index (χ1v) is 8.76. The zero-order chi connectivity index (χ0) is 17.8. The summed E-state index contributed by atoms with van der Waals surface area (Å²) in [6, 6.07) is 28.3. The van der Waals surface area contributed by atoms with E-state index in [-0.39, 0.29) is 11.8 Å². The minimum Gasteiger partial charge on any atom is -0.361 e. The number of H-pyrrole nitrogens is 1. The number of benzene rings is 3. The third-order valence-electron chi connectivity index (χ3n) is 4.69. The van der Waals surface area contributed by atoms with Crippen LogP contribution in [0.1, 0.15) is 27.4 Å². The highest BCUT2D eigenvalue weighted by Gasteiger charge is 2.16. The van der Waals surface area contributed by atoms with E-state index in [0.29, 0.717) is 12.1 Å². The number of carbonyl (C=O) groups excluding carboxylic acids is 1. The predicted octanol–water partition coefficient (Wildman–Crippen LogP) is 4.73. The van der Waals surface area contributed by atoms with Gasteiger partial charge in [0.2, 0.25) is 0 Å². The summed E-state index contributed by atoms with van der Waals surface area (Å²) in [5.41, 5.74) is 4.03. The monoisotopic (exact) mass is 340 g/mol. The van der Waals surface area contributed by atoms with Gasteiger partial charge >= 0.3 is 0 Å².